The average molecular weight is 428 g/mol. The van der Waals surface area contributed by atoms with Crippen LogP contribution in [0.3, 0.4) is 0 Å². The largest absolute Gasteiger partial charge is 0.372 e. The molecule has 31 heavy (non-hydrogen) atoms. The van der Waals surface area contributed by atoms with Crippen molar-refractivity contribution in [3.63, 3.8) is 0 Å². The minimum absolute atomic E-state index is 0.692. The maximum atomic E-state index is 6.52. The Balaban J connectivity index is 1.60. The van der Waals surface area contributed by atoms with Crippen LogP contribution in [0.25, 0.3) is 21.9 Å². The molecular weight excluding hydrogens is 402 g/mol. The molecule has 4 aromatic rings. The second-order valence-corrected chi connectivity index (χ2v) is 7.73. The van der Waals surface area contributed by atoms with Gasteiger partial charge in [-0.2, -0.15) is 5.10 Å². The SMILES string of the molecule is CCN(CC)c1ccc(/C=N/Nc2ccccc2-c2cccc3ccccc23)c(Cl)c1. The lowest BCUT2D eigenvalue weighted by molar-refractivity contribution is 0.866. The summed E-state index contributed by atoms with van der Waals surface area (Å²) in [6.45, 7) is 6.19. The third-order valence-electron chi connectivity index (χ3n) is 5.51. The van der Waals surface area contributed by atoms with E-state index in [2.05, 4.69) is 89.9 Å². The van der Waals surface area contributed by atoms with Gasteiger partial charge in [-0.1, -0.05) is 72.3 Å². The second kappa shape index (κ2) is 9.67. The van der Waals surface area contributed by atoms with E-state index in [1.165, 1.54) is 16.3 Å². The number of halogens is 1. The van der Waals surface area contributed by atoms with E-state index in [9.17, 15) is 0 Å². The first-order valence-electron chi connectivity index (χ1n) is 10.6. The fraction of sp³-hybridized carbons (Fsp3) is 0.148. The van der Waals surface area contributed by atoms with Crippen LogP contribution < -0.4 is 10.3 Å². The van der Waals surface area contributed by atoms with E-state index in [1.807, 2.05) is 24.3 Å². The highest BCUT2D eigenvalue weighted by Gasteiger charge is 2.08. The van der Waals surface area contributed by atoms with Gasteiger partial charge in [0.1, 0.15) is 0 Å². The van der Waals surface area contributed by atoms with E-state index in [0.717, 1.165) is 35.6 Å². The van der Waals surface area contributed by atoms with Gasteiger partial charge in [0.25, 0.3) is 0 Å². The summed E-state index contributed by atoms with van der Waals surface area (Å²) in [5.74, 6) is 0. The van der Waals surface area contributed by atoms with E-state index in [4.69, 9.17) is 11.6 Å². The maximum Gasteiger partial charge on any atom is 0.0640 e. The first kappa shape index (κ1) is 21.0. The van der Waals surface area contributed by atoms with Gasteiger partial charge < -0.3 is 4.90 Å². The van der Waals surface area contributed by atoms with E-state index >= 15 is 0 Å². The normalized spacial score (nSPS) is 11.2. The molecule has 0 aliphatic heterocycles. The summed E-state index contributed by atoms with van der Waals surface area (Å²) in [5.41, 5.74) is 8.46. The molecule has 0 heterocycles. The maximum absolute atomic E-state index is 6.52. The molecule has 0 aromatic heterocycles. The monoisotopic (exact) mass is 427 g/mol. The molecule has 0 aliphatic carbocycles. The highest BCUT2D eigenvalue weighted by atomic mass is 35.5. The summed E-state index contributed by atoms with van der Waals surface area (Å²) in [5, 5.41) is 7.61. The zero-order chi connectivity index (χ0) is 21.6. The zero-order valence-corrected chi connectivity index (χ0v) is 18.6. The highest BCUT2D eigenvalue weighted by Crippen LogP contribution is 2.33. The Morgan fingerprint density at radius 1 is 0.839 bits per heavy atom. The minimum Gasteiger partial charge on any atom is -0.372 e. The Morgan fingerprint density at radius 2 is 1.55 bits per heavy atom. The Hall–Kier alpha value is -3.30. The fourth-order valence-electron chi connectivity index (χ4n) is 3.85. The number of benzene rings is 4. The molecule has 0 aliphatic rings. The lowest BCUT2D eigenvalue weighted by Crippen LogP contribution is -2.21. The second-order valence-electron chi connectivity index (χ2n) is 7.32. The van der Waals surface area contributed by atoms with Gasteiger partial charge in [0.05, 0.1) is 16.9 Å². The first-order chi connectivity index (χ1) is 15.2. The molecule has 0 unspecified atom stereocenters. The summed E-state index contributed by atoms with van der Waals surface area (Å²) in [6, 6.07) is 29.1. The van der Waals surface area contributed by atoms with Crippen molar-refractivity contribution in [2.75, 3.05) is 23.4 Å². The molecule has 0 fully saturated rings. The number of para-hydroxylation sites is 1. The minimum atomic E-state index is 0.692. The zero-order valence-electron chi connectivity index (χ0n) is 17.8. The highest BCUT2D eigenvalue weighted by molar-refractivity contribution is 6.33. The van der Waals surface area contributed by atoms with Crippen LogP contribution in [0, 0.1) is 0 Å². The molecule has 0 atom stereocenters. The van der Waals surface area contributed by atoms with Gasteiger partial charge >= 0.3 is 0 Å². The van der Waals surface area contributed by atoms with E-state index < -0.39 is 0 Å². The average Bonchev–Trinajstić information content (AvgIpc) is 2.81. The molecule has 4 rings (SSSR count). The molecule has 0 bridgehead atoms. The molecule has 0 radical (unpaired) electrons. The Bertz CT molecular complexity index is 1210. The van der Waals surface area contributed by atoms with Gasteiger partial charge in [0, 0.05) is 29.9 Å². The molecule has 3 nitrogen and oxygen atoms in total. The van der Waals surface area contributed by atoms with Gasteiger partial charge in [-0.3, -0.25) is 5.43 Å². The van der Waals surface area contributed by atoms with Crippen LogP contribution in [-0.4, -0.2) is 19.3 Å². The summed E-state index contributed by atoms with van der Waals surface area (Å²) >= 11 is 6.52. The standard InChI is InChI=1S/C27H26ClN3/c1-3-31(4-2)22-17-16-21(26(28)18-22)19-29-30-27-15-8-7-13-25(27)24-14-9-11-20-10-5-6-12-23(20)24/h5-19,30H,3-4H2,1-2H3/b29-19+. The Morgan fingerprint density at radius 3 is 2.35 bits per heavy atom. The van der Waals surface area contributed by atoms with Crippen LogP contribution >= 0.6 is 11.6 Å². The van der Waals surface area contributed by atoms with Crippen molar-refractivity contribution in [2.24, 2.45) is 5.10 Å². The number of nitrogens with one attached hydrogen (secondary N) is 1. The number of hydrazone groups is 1. The lowest BCUT2D eigenvalue weighted by Gasteiger charge is -2.21. The third-order valence-corrected chi connectivity index (χ3v) is 5.84. The molecule has 4 aromatic carbocycles. The van der Waals surface area contributed by atoms with E-state index in [-0.39, 0.29) is 0 Å². The number of hydrogen-bond donors (Lipinski definition) is 1. The fourth-order valence-corrected chi connectivity index (χ4v) is 4.08. The molecule has 4 heteroatoms. The van der Waals surface area contributed by atoms with Crippen molar-refractivity contribution in [3.8, 4) is 11.1 Å². The first-order valence-corrected chi connectivity index (χ1v) is 11.0. The number of anilines is 2. The lowest BCUT2D eigenvalue weighted by atomic mass is 9.97. The molecule has 0 amide bonds. The Labute approximate surface area is 189 Å². The van der Waals surface area contributed by atoms with Crippen LogP contribution in [0.5, 0.6) is 0 Å². The van der Waals surface area contributed by atoms with Crippen molar-refractivity contribution in [2.45, 2.75) is 13.8 Å². The van der Waals surface area contributed by atoms with Crippen molar-refractivity contribution in [1.82, 2.24) is 0 Å². The topological polar surface area (TPSA) is 27.6 Å². The van der Waals surface area contributed by atoms with Gasteiger partial charge in [-0.15, -0.1) is 0 Å². The number of rotatable bonds is 7. The smallest absolute Gasteiger partial charge is 0.0640 e. The van der Waals surface area contributed by atoms with Gasteiger partial charge in [0.15, 0.2) is 0 Å². The van der Waals surface area contributed by atoms with Crippen LogP contribution in [0.2, 0.25) is 5.02 Å². The van der Waals surface area contributed by atoms with Gasteiger partial charge in [-0.25, -0.2) is 0 Å². The molecule has 0 spiro atoms. The summed E-state index contributed by atoms with van der Waals surface area (Å²) in [6.07, 6.45) is 1.77. The summed E-state index contributed by atoms with van der Waals surface area (Å²) in [4.78, 5) is 2.27. The predicted molar refractivity (Wildman–Crippen MR) is 136 cm³/mol. The van der Waals surface area contributed by atoms with Crippen molar-refractivity contribution in [1.29, 1.82) is 0 Å². The molecular formula is C27H26ClN3. The van der Waals surface area contributed by atoms with Crippen molar-refractivity contribution >= 4 is 40.0 Å². The molecule has 1 N–H and O–H groups in total. The number of nitrogens with zero attached hydrogens (tertiary/aromatic N) is 2. The number of fused-ring (bicyclic) bond motifs is 1. The Kier molecular flexibility index (Phi) is 6.54. The van der Waals surface area contributed by atoms with Crippen LogP contribution in [0.1, 0.15) is 19.4 Å². The quantitative estimate of drug-likeness (QED) is 0.245. The van der Waals surface area contributed by atoms with Crippen LogP contribution in [0.15, 0.2) is 90.0 Å². The molecule has 0 saturated heterocycles. The molecule has 0 saturated carbocycles. The summed E-state index contributed by atoms with van der Waals surface area (Å²) in [7, 11) is 0. The van der Waals surface area contributed by atoms with Crippen LogP contribution in [-0.2, 0) is 0 Å². The van der Waals surface area contributed by atoms with Crippen LogP contribution in [0.4, 0.5) is 11.4 Å². The third kappa shape index (κ3) is 4.57. The van der Waals surface area contributed by atoms with Gasteiger partial charge in [0.2, 0.25) is 0 Å². The predicted octanol–water partition coefficient (Wildman–Crippen LogP) is 7.45. The van der Waals surface area contributed by atoms with Crippen molar-refractivity contribution in [3.05, 3.63) is 95.5 Å². The summed E-state index contributed by atoms with van der Waals surface area (Å²) < 4.78 is 0. The van der Waals surface area contributed by atoms with Gasteiger partial charge in [-0.05, 0) is 54.4 Å². The van der Waals surface area contributed by atoms with E-state index in [1.54, 1.807) is 6.21 Å². The van der Waals surface area contributed by atoms with Crippen molar-refractivity contribution < 1.29 is 0 Å². The van der Waals surface area contributed by atoms with E-state index in [0.29, 0.717) is 5.02 Å². The number of hydrogen-bond acceptors (Lipinski definition) is 3. The molecule has 156 valence electrons.